The summed E-state index contributed by atoms with van der Waals surface area (Å²) >= 11 is 1.53. The Bertz CT molecular complexity index is 1190. The zero-order valence-electron chi connectivity index (χ0n) is 23.7. The highest BCUT2D eigenvalue weighted by Crippen LogP contribution is 2.30. The highest BCUT2D eigenvalue weighted by molar-refractivity contribution is 7.09. The van der Waals surface area contributed by atoms with Gasteiger partial charge >= 0.3 is 0 Å². The fraction of sp³-hybridized carbons (Fsp3) is 0.484. The van der Waals surface area contributed by atoms with Gasteiger partial charge in [0.25, 0.3) is 5.91 Å². The van der Waals surface area contributed by atoms with E-state index in [4.69, 9.17) is 14.5 Å². The summed E-state index contributed by atoms with van der Waals surface area (Å²) in [7, 11) is 3.34. The van der Waals surface area contributed by atoms with Crippen LogP contribution >= 0.6 is 11.3 Å². The molecule has 0 saturated carbocycles. The van der Waals surface area contributed by atoms with Gasteiger partial charge in [0, 0.05) is 48.7 Å². The van der Waals surface area contributed by atoms with Gasteiger partial charge in [-0.3, -0.25) is 9.69 Å². The van der Waals surface area contributed by atoms with E-state index in [0.29, 0.717) is 31.4 Å². The quantitative estimate of drug-likeness (QED) is 0.267. The first kappa shape index (κ1) is 29.1. The van der Waals surface area contributed by atoms with Gasteiger partial charge in [-0.25, -0.2) is 4.98 Å². The molecule has 1 aliphatic heterocycles. The summed E-state index contributed by atoms with van der Waals surface area (Å²) in [6.45, 7) is 8.67. The minimum atomic E-state index is -0.0938. The topological polar surface area (TPSA) is 66.9 Å². The Morgan fingerprint density at radius 1 is 1.15 bits per heavy atom. The number of hydrogen-bond acceptors (Lipinski definition) is 7. The summed E-state index contributed by atoms with van der Waals surface area (Å²) < 4.78 is 11.1. The predicted octanol–water partition coefficient (Wildman–Crippen LogP) is 5.92. The summed E-state index contributed by atoms with van der Waals surface area (Å²) in [5, 5.41) is 5.86. The van der Waals surface area contributed by atoms with Crippen molar-refractivity contribution in [2.24, 2.45) is 0 Å². The van der Waals surface area contributed by atoms with E-state index in [2.05, 4.69) is 53.2 Å². The Morgan fingerprint density at radius 3 is 2.72 bits per heavy atom. The fourth-order valence-electron chi connectivity index (χ4n) is 5.20. The van der Waals surface area contributed by atoms with Crippen molar-refractivity contribution in [3.8, 4) is 11.5 Å². The Hall–Kier alpha value is -2.94. The molecule has 1 saturated heterocycles. The summed E-state index contributed by atoms with van der Waals surface area (Å²) in [6, 6.07) is 17.2. The van der Waals surface area contributed by atoms with E-state index >= 15 is 0 Å². The number of nitrogens with zero attached hydrogens (tertiary/aromatic N) is 3. The van der Waals surface area contributed by atoms with Crippen LogP contribution in [0, 0.1) is 0 Å². The van der Waals surface area contributed by atoms with E-state index in [-0.39, 0.29) is 11.9 Å². The second-order valence-electron chi connectivity index (χ2n) is 10.3. The lowest BCUT2D eigenvalue weighted by atomic mass is 10.0. The Morgan fingerprint density at radius 2 is 1.97 bits per heavy atom. The van der Waals surface area contributed by atoms with Gasteiger partial charge < -0.3 is 19.7 Å². The molecule has 2 unspecified atom stereocenters. The second-order valence-corrected chi connectivity index (χ2v) is 11.2. The van der Waals surface area contributed by atoms with E-state index in [1.165, 1.54) is 42.7 Å². The van der Waals surface area contributed by atoms with Crippen molar-refractivity contribution in [3.63, 3.8) is 0 Å². The molecule has 0 aliphatic carbocycles. The van der Waals surface area contributed by atoms with Crippen molar-refractivity contribution >= 4 is 17.2 Å². The van der Waals surface area contributed by atoms with Crippen molar-refractivity contribution in [2.45, 2.75) is 64.7 Å². The largest absolute Gasteiger partial charge is 0.497 e. The molecule has 4 rings (SSSR count). The van der Waals surface area contributed by atoms with Crippen molar-refractivity contribution in [1.82, 2.24) is 20.1 Å². The molecule has 0 radical (unpaired) electrons. The first-order valence-electron chi connectivity index (χ1n) is 13.9. The fourth-order valence-corrected chi connectivity index (χ4v) is 6.00. The number of amides is 1. The van der Waals surface area contributed by atoms with Gasteiger partial charge in [0.1, 0.15) is 22.2 Å². The van der Waals surface area contributed by atoms with Crippen LogP contribution in [0.1, 0.15) is 72.2 Å². The van der Waals surface area contributed by atoms with E-state index < -0.39 is 0 Å². The second kappa shape index (κ2) is 14.4. The monoisotopic (exact) mass is 550 g/mol. The van der Waals surface area contributed by atoms with Gasteiger partial charge in [0.05, 0.1) is 20.8 Å². The predicted molar refractivity (Wildman–Crippen MR) is 158 cm³/mol. The van der Waals surface area contributed by atoms with Crippen LogP contribution in [0.15, 0.2) is 53.9 Å². The molecule has 0 bridgehead atoms. The molecule has 3 aromatic rings. The van der Waals surface area contributed by atoms with Crippen LogP contribution in [-0.4, -0.2) is 60.6 Å². The lowest BCUT2D eigenvalue weighted by Gasteiger charge is -2.33. The van der Waals surface area contributed by atoms with Crippen LogP contribution in [0.5, 0.6) is 11.5 Å². The Labute approximate surface area is 237 Å². The normalized spacial score (nSPS) is 16.7. The van der Waals surface area contributed by atoms with E-state index in [1.54, 1.807) is 14.2 Å². The van der Waals surface area contributed by atoms with Crippen LogP contribution in [0.4, 0.5) is 0 Å². The molecule has 2 atom stereocenters. The molecule has 0 spiro atoms. The number of hydrogen-bond donors (Lipinski definition) is 1. The van der Waals surface area contributed by atoms with Gasteiger partial charge in [-0.15, -0.1) is 11.3 Å². The molecule has 1 aromatic heterocycles. The standard InChI is InChI=1S/C31H42N4O3S/c1-23-11-8-9-17-34(23)18-10-16-32-31(36)28-22-39-30(33-28)21-35(24(2)25-12-6-5-7-13-25)20-26-14-15-27(37-3)19-29(26)38-4/h5-7,12-15,19,22-24H,8-11,16-18,20-21H2,1-4H3,(H,32,36). The number of nitrogens with one attached hydrogen (secondary N) is 1. The maximum atomic E-state index is 12.8. The van der Waals surface area contributed by atoms with E-state index in [9.17, 15) is 4.79 Å². The van der Waals surface area contributed by atoms with Crippen molar-refractivity contribution in [3.05, 3.63) is 75.7 Å². The lowest BCUT2D eigenvalue weighted by Crippen LogP contribution is -2.39. The van der Waals surface area contributed by atoms with Crippen LogP contribution < -0.4 is 14.8 Å². The van der Waals surface area contributed by atoms with Gasteiger partial charge in [-0.05, 0) is 51.3 Å². The van der Waals surface area contributed by atoms with Gasteiger partial charge in [-0.2, -0.15) is 0 Å². The zero-order valence-corrected chi connectivity index (χ0v) is 24.5. The van der Waals surface area contributed by atoms with Crippen LogP contribution in [-0.2, 0) is 13.1 Å². The smallest absolute Gasteiger partial charge is 0.270 e. The molecule has 39 heavy (non-hydrogen) atoms. The molecule has 2 aromatic carbocycles. The summed E-state index contributed by atoms with van der Waals surface area (Å²) in [5.74, 6) is 1.46. The molecule has 7 nitrogen and oxygen atoms in total. The third kappa shape index (κ3) is 8.03. The number of aromatic nitrogens is 1. The summed E-state index contributed by atoms with van der Waals surface area (Å²) in [4.78, 5) is 22.4. The minimum Gasteiger partial charge on any atom is -0.497 e. The molecule has 2 heterocycles. The highest BCUT2D eigenvalue weighted by Gasteiger charge is 2.21. The minimum absolute atomic E-state index is 0.0938. The third-order valence-electron chi connectivity index (χ3n) is 7.67. The highest BCUT2D eigenvalue weighted by atomic mass is 32.1. The van der Waals surface area contributed by atoms with Crippen LogP contribution in [0.2, 0.25) is 0 Å². The SMILES string of the molecule is COc1ccc(CN(Cc2nc(C(=O)NCCCN3CCCCC3C)cs2)C(C)c2ccccc2)c(OC)c1. The van der Waals surface area contributed by atoms with Crippen molar-refractivity contribution in [1.29, 1.82) is 0 Å². The van der Waals surface area contributed by atoms with Gasteiger partial charge in [0.2, 0.25) is 0 Å². The average molecular weight is 551 g/mol. The number of rotatable bonds is 13. The molecule has 1 fully saturated rings. The maximum Gasteiger partial charge on any atom is 0.270 e. The maximum absolute atomic E-state index is 12.8. The van der Waals surface area contributed by atoms with Crippen LogP contribution in [0.25, 0.3) is 0 Å². The summed E-state index contributed by atoms with van der Waals surface area (Å²) in [5.41, 5.74) is 2.79. The van der Waals surface area contributed by atoms with E-state index in [0.717, 1.165) is 35.0 Å². The molecule has 8 heteroatoms. The van der Waals surface area contributed by atoms with E-state index in [1.807, 2.05) is 29.6 Å². The van der Waals surface area contributed by atoms with Gasteiger partial charge in [0.15, 0.2) is 0 Å². The molecular weight excluding hydrogens is 508 g/mol. The number of ether oxygens (including phenoxy) is 2. The van der Waals surface area contributed by atoms with Gasteiger partial charge in [-0.1, -0.05) is 42.8 Å². The summed E-state index contributed by atoms with van der Waals surface area (Å²) in [6.07, 6.45) is 4.84. The molecule has 1 aliphatic rings. The lowest BCUT2D eigenvalue weighted by molar-refractivity contribution is 0.0944. The van der Waals surface area contributed by atoms with Crippen molar-refractivity contribution < 1.29 is 14.3 Å². The number of likely N-dealkylation sites (tertiary alicyclic amines) is 1. The van der Waals surface area contributed by atoms with Crippen molar-refractivity contribution in [2.75, 3.05) is 33.9 Å². The first-order chi connectivity index (χ1) is 19.0. The number of carbonyl (C=O) groups is 1. The number of piperidine rings is 1. The number of carbonyl (C=O) groups excluding carboxylic acids is 1. The first-order valence-corrected chi connectivity index (χ1v) is 14.8. The van der Waals surface area contributed by atoms with Crippen LogP contribution in [0.3, 0.4) is 0 Å². The molecule has 1 amide bonds. The number of thiazole rings is 1. The third-order valence-corrected chi connectivity index (χ3v) is 8.50. The number of benzene rings is 2. The number of methoxy groups -OCH3 is 2. The molecule has 1 N–H and O–H groups in total. The zero-order chi connectivity index (χ0) is 27.6. The molecule has 210 valence electrons. The molecular formula is C31H42N4O3S. The Balaban J connectivity index is 1.40. The Kier molecular flexibility index (Phi) is 10.8. The average Bonchev–Trinajstić information content (AvgIpc) is 3.44.